The van der Waals surface area contributed by atoms with Crippen molar-refractivity contribution < 1.29 is 17.9 Å². The van der Waals surface area contributed by atoms with E-state index in [1.807, 2.05) is 31.2 Å². The van der Waals surface area contributed by atoms with Gasteiger partial charge in [-0.05, 0) is 55.3 Å². The Labute approximate surface area is 190 Å². The van der Waals surface area contributed by atoms with Crippen LogP contribution >= 0.6 is 0 Å². The van der Waals surface area contributed by atoms with Gasteiger partial charge in [0.2, 0.25) is 5.91 Å². The van der Waals surface area contributed by atoms with Crippen molar-refractivity contribution in [3.05, 3.63) is 89.5 Å². The van der Waals surface area contributed by atoms with Gasteiger partial charge in [-0.15, -0.1) is 0 Å². The fraction of sp³-hybridized carbons (Fsp3) is 0.240. The van der Waals surface area contributed by atoms with E-state index >= 15 is 0 Å². The first-order valence-corrected chi connectivity index (χ1v) is 11.7. The summed E-state index contributed by atoms with van der Waals surface area (Å²) in [5.74, 6) is 0.298. The fourth-order valence-corrected chi connectivity index (χ4v) is 4.85. The molecular formula is C25H28N2O4S. The zero-order chi connectivity index (χ0) is 23.3. The van der Waals surface area contributed by atoms with Gasteiger partial charge < -0.3 is 9.64 Å². The van der Waals surface area contributed by atoms with Crippen molar-refractivity contribution in [3.63, 3.8) is 0 Å². The van der Waals surface area contributed by atoms with Gasteiger partial charge in [0.05, 0.1) is 17.7 Å². The maximum absolute atomic E-state index is 13.6. The average molecular weight is 453 g/mol. The number of ether oxygens (including phenoxy) is 1. The van der Waals surface area contributed by atoms with Gasteiger partial charge in [0.1, 0.15) is 12.3 Å². The second kappa shape index (κ2) is 9.87. The number of hydrogen-bond donors (Lipinski definition) is 0. The van der Waals surface area contributed by atoms with E-state index in [9.17, 15) is 13.2 Å². The third kappa shape index (κ3) is 5.29. The lowest BCUT2D eigenvalue weighted by Gasteiger charge is -2.27. The van der Waals surface area contributed by atoms with Gasteiger partial charge in [-0.2, -0.15) is 0 Å². The van der Waals surface area contributed by atoms with E-state index in [2.05, 4.69) is 0 Å². The summed E-state index contributed by atoms with van der Waals surface area (Å²) in [6, 6.07) is 21.2. The molecule has 168 valence electrons. The maximum atomic E-state index is 13.6. The second-order valence-corrected chi connectivity index (χ2v) is 9.58. The molecule has 0 atom stereocenters. The van der Waals surface area contributed by atoms with Gasteiger partial charge in [-0.25, -0.2) is 8.42 Å². The minimum absolute atomic E-state index is 0.105. The standard InChI is InChI=1S/C25H28N2O4S/c1-19-10-12-21(13-11-19)17-26(3)25(28)18-27(22-8-6-5-7-9-22)32(29,30)23-14-15-24(31-4)20(2)16-23/h5-16H,17-18H2,1-4H3. The highest BCUT2D eigenvalue weighted by atomic mass is 32.2. The van der Waals surface area contributed by atoms with Crippen LogP contribution in [0.4, 0.5) is 5.69 Å². The molecule has 32 heavy (non-hydrogen) atoms. The van der Waals surface area contributed by atoms with Crippen molar-refractivity contribution >= 4 is 21.6 Å². The predicted octanol–water partition coefficient (Wildman–Crippen LogP) is 4.17. The van der Waals surface area contributed by atoms with Crippen molar-refractivity contribution in [2.45, 2.75) is 25.3 Å². The Kier molecular flexibility index (Phi) is 7.20. The van der Waals surface area contributed by atoms with Gasteiger partial charge >= 0.3 is 0 Å². The summed E-state index contributed by atoms with van der Waals surface area (Å²) in [6.07, 6.45) is 0. The number of methoxy groups -OCH3 is 1. The quantitative estimate of drug-likeness (QED) is 0.515. The predicted molar refractivity (Wildman–Crippen MR) is 126 cm³/mol. The van der Waals surface area contributed by atoms with Gasteiger partial charge in [0, 0.05) is 13.6 Å². The smallest absolute Gasteiger partial charge is 0.264 e. The van der Waals surface area contributed by atoms with E-state index < -0.39 is 10.0 Å². The third-order valence-electron chi connectivity index (χ3n) is 5.24. The van der Waals surface area contributed by atoms with E-state index in [1.165, 1.54) is 18.1 Å². The highest BCUT2D eigenvalue weighted by Crippen LogP contribution is 2.27. The number of para-hydroxylation sites is 1. The molecule has 0 saturated heterocycles. The van der Waals surface area contributed by atoms with Crippen LogP contribution in [-0.4, -0.2) is 39.9 Å². The molecule has 3 rings (SSSR count). The van der Waals surface area contributed by atoms with Crippen molar-refractivity contribution in [1.29, 1.82) is 0 Å². The highest BCUT2D eigenvalue weighted by Gasteiger charge is 2.28. The van der Waals surface area contributed by atoms with E-state index in [0.29, 0.717) is 23.5 Å². The summed E-state index contributed by atoms with van der Waals surface area (Å²) in [6.45, 7) is 3.87. The van der Waals surface area contributed by atoms with Gasteiger partial charge in [0.25, 0.3) is 10.0 Å². The normalized spacial score (nSPS) is 11.1. The number of amides is 1. The van der Waals surface area contributed by atoms with E-state index in [-0.39, 0.29) is 17.3 Å². The van der Waals surface area contributed by atoms with Gasteiger partial charge in [0.15, 0.2) is 0 Å². The van der Waals surface area contributed by atoms with Crippen LogP contribution in [0.1, 0.15) is 16.7 Å². The van der Waals surface area contributed by atoms with Crippen molar-refractivity contribution in [1.82, 2.24) is 4.90 Å². The Morgan fingerprint density at radius 2 is 1.59 bits per heavy atom. The summed E-state index contributed by atoms with van der Waals surface area (Å²) >= 11 is 0. The molecule has 0 heterocycles. The number of aryl methyl sites for hydroxylation is 2. The number of rotatable bonds is 8. The third-order valence-corrected chi connectivity index (χ3v) is 7.01. The molecule has 1 amide bonds. The number of anilines is 1. The van der Waals surface area contributed by atoms with Crippen LogP contribution in [0, 0.1) is 13.8 Å². The Bertz CT molecular complexity index is 1180. The summed E-state index contributed by atoms with van der Waals surface area (Å²) in [4.78, 5) is 14.7. The van der Waals surface area contributed by atoms with Crippen LogP contribution in [0.25, 0.3) is 0 Å². The molecule has 0 N–H and O–H groups in total. The molecule has 3 aromatic carbocycles. The minimum atomic E-state index is -3.98. The summed E-state index contributed by atoms with van der Waals surface area (Å²) in [5.41, 5.74) is 3.24. The summed E-state index contributed by atoms with van der Waals surface area (Å²) < 4.78 is 33.5. The molecule has 6 nitrogen and oxygen atoms in total. The van der Waals surface area contributed by atoms with Crippen LogP contribution in [0.3, 0.4) is 0 Å². The largest absolute Gasteiger partial charge is 0.496 e. The van der Waals surface area contributed by atoms with E-state index in [0.717, 1.165) is 15.4 Å². The molecule has 7 heteroatoms. The van der Waals surface area contributed by atoms with Crippen LogP contribution in [0.2, 0.25) is 0 Å². The molecule has 0 radical (unpaired) electrons. The van der Waals surface area contributed by atoms with Gasteiger partial charge in [-0.3, -0.25) is 9.10 Å². The number of sulfonamides is 1. The first-order valence-electron chi connectivity index (χ1n) is 10.2. The molecule has 3 aromatic rings. The van der Waals surface area contributed by atoms with Crippen molar-refractivity contribution in [2.75, 3.05) is 25.0 Å². The molecular weight excluding hydrogens is 424 g/mol. The first kappa shape index (κ1) is 23.3. The monoisotopic (exact) mass is 452 g/mol. The Morgan fingerprint density at radius 3 is 2.19 bits per heavy atom. The Morgan fingerprint density at radius 1 is 0.938 bits per heavy atom. The topological polar surface area (TPSA) is 66.9 Å². The zero-order valence-corrected chi connectivity index (χ0v) is 19.6. The molecule has 0 spiro atoms. The first-order chi connectivity index (χ1) is 15.2. The molecule has 0 bridgehead atoms. The van der Waals surface area contributed by atoms with Gasteiger partial charge in [-0.1, -0.05) is 48.0 Å². The van der Waals surface area contributed by atoms with Crippen LogP contribution in [0.5, 0.6) is 5.75 Å². The van der Waals surface area contributed by atoms with Crippen LogP contribution in [0.15, 0.2) is 77.7 Å². The molecule has 0 aliphatic carbocycles. The number of nitrogens with zero attached hydrogens (tertiary/aromatic N) is 2. The van der Waals surface area contributed by atoms with Crippen LogP contribution < -0.4 is 9.04 Å². The number of hydrogen-bond acceptors (Lipinski definition) is 4. The maximum Gasteiger partial charge on any atom is 0.264 e. The number of benzene rings is 3. The number of carbonyl (C=O) groups excluding carboxylic acids is 1. The number of carbonyl (C=O) groups is 1. The lowest BCUT2D eigenvalue weighted by Crippen LogP contribution is -2.41. The SMILES string of the molecule is COc1ccc(S(=O)(=O)N(CC(=O)N(C)Cc2ccc(C)cc2)c2ccccc2)cc1C. The van der Waals surface area contributed by atoms with Crippen molar-refractivity contribution in [2.24, 2.45) is 0 Å². The van der Waals surface area contributed by atoms with Crippen LogP contribution in [-0.2, 0) is 21.4 Å². The molecule has 0 aliphatic rings. The zero-order valence-electron chi connectivity index (χ0n) is 18.8. The molecule has 0 unspecified atom stereocenters. The lowest BCUT2D eigenvalue weighted by molar-refractivity contribution is -0.128. The fourth-order valence-electron chi connectivity index (χ4n) is 3.35. The average Bonchev–Trinajstić information content (AvgIpc) is 2.79. The summed E-state index contributed by atoms with van der Waals surface area (Å²) in [5, 5.41) is 0. The highest BCUT2D eigenvalue weighted by molar-refractivity contribution is 7.92. The Hall–Kier alpha value is -3.32. The molecule has 0 saturated carbocycles. The lowest BCUT2D eigenvalue weighted by atomic mass is 10.1. The Balaban J connectivity index is 1.90. The minimum Gasteiger partial charge on any atom is -0.496 e. The van der Waals surface area contributed by atoms with E-state index in [1.54, 1.807) is 56.4 Å². The molecule has 0 aliphatic heterocycles. The molecule has 0 aromatic heterocycles. The second-order valence-electron chi connectivity index (χ2n) is 7.71. The van der Waals surface area contributed by atoms with E-state index in [4.69, 9.17) is 4.74 Å². The summed E-state index contributed by atoms with van der Waals surface area (Å²) in [7, 11) is -0.765. The van der Waals surface area contributed by atoms with Crippen molar-refractivity contribution in [3.8, 4) is 5.75 Å². The number of likely N-dealkylation sites (N-methyl/N-ethyl adjacent to an activating group) is 1. The molecule has 0 fully saturated rings.